The van der Waals surface area contributed by atoms with Gasteiger partial charge in [-0.2, -0.15) is 0 Å². The lowest BCUT2D eigenvalue weighted by Crippen LogP contribution is -2.32. The second kappa shape index (κ2) is 3.20. The highest BCUT2D eigenvalue weighted by Crippen LogP contribution is 2.38. The number of rotatable bonds is 1. The topological polar surface area (TPSA) is 17.1 Å². The smallest absolute Gasteiger partial charge is 0.136 e. The zero-order valence-corrected chi connectivity index (χ0v) is 8.68. The van der Waals surface area contributed by atoms with Crippen LogP contribution in [0.25, 0.3) is 0 Å². The Hall–Kier alpha value is -0.330. The average Bonchev–Trinajstić information content (AvgIpc) is 1.83. The van der Waals surface area contributed by atoms with Crippen molar-refractivity contribution in [2.24, 2.45) is 17.3 Å². The molecule has 0 N–H and O–H groups in total. The Morgan fingerprint density at radius 2 is 2.00 bits per heavy atom. The number of Topliss-reactive ketones (excluding diaryl/α,β-unsaturated/α-hetero) is 1. The maximum Gasteiger partial charge on any atom is 0.136 e. The summed E-state index contributed by atoms with van der Waals surface area (Å²) >= 11 is 0. The largest absolute Gasteiger partial charge is 0.299 e. The van der Waals surface area contributed by atoms with Gasteiger partial charge in [0.15, 0.2) is 0 Å². The molecule has 1 fully saturated rings. The zero-order valence-electron chi connectivity index (χ0n) is 8.68. The minimum absolute atomic E-state index is 0.266. The third-order valence-corrected chi connectivity index (χ3v) is 3.00. The summed E-state index contributed by atoms with van der Waals surface area (Å²) in [4.78, 5) is 11.7. The number of hydrogen-bond acceptors (Lipinski definition) is 1. The normalized spacial score (nSPS) is 29.4. The minimum atomic E-state index is 0.266. The Balaban J connectivity index is 2.60. The lowest BCUT2D eigenvalue weighted by Gasteiger charge is -2.34. The Kier molecular flexibility index (Phi) is 2.60. The van der Waals surface area contributed by atoms with Crippen LogP contribution in [0.3, 0.4) is 0 Å². The van der Waals surface area contributed by atoms with Crippen LogP contribution in [0.15, 0.2) is 0 Å². The van der Waals surface area contributed by atoms with Crippen LogP contribution in [0.4, 0.5) is 0 Å². The van der Waals surface area contributed by atoms with Gasteiger partial charge in [-0.3, -0.25) is 4.79 Å². The highest BCUT2D eigenvalue weighted by Gasteiger charge is 2.34. The van der Waals surface area contributed by atoms with Gasteiger partial charge in [-0.25, -0.2) is 0 Å². The van der Waals surface area contributed by atoms with Crippen molar-refractivity contribution in [3.63, 3.8) is 0 Å². The summed E-state index contributed by atoms with van der Waals surface area (Å²) in [7, 11) is 0. The van der Waals surface area contributed by atoms with Crippen LogP contribution in [-0.4, -0.2) is 5.78 Å². The van der Waals surface area contributed by atoms with Crippen molar-refractivity contribution < 1.29 is 4.79 Å². The van der Waals surface area contributed by atoms with E-state index in [-0.39, 0.29) is 5.41 Å². The molecule has 0 radical (unpaired) electrons. The summed E-state index contributed by atoms with van der Waals surface area (Å²) in [6, 6.07) is 0. The molecule has 12 heavy (non-hydrogen) atoms. The van der Waals surface area contributed by atoms with Crippen LogP contribution in [0, 0.1) is 17.3 Å². The van der Waals surface area contributed by atoms with Crippen molar-refractivity contribution in [3.8, 4) is 0 Å². The molecule has 70 valence electrons. The highest BCUT2D eigenvalue weighted by molar-refractivity contribution is 5.82. The molecule has 0 saturated heterocycles. The fourth-order valence-electron chi connectivity index (χ4n) is 2.10. The molecule has 0 aromatic carbocycles. The van der Waals surface area contributed by atoms with Crippen molar-refractivity contribution in [3.05, 3.63) is 0 Å². The summed E-state index contributed by atoms with van der Waals surface area (Å²) in [5.41, 5.74) is 0.266. The first-order valence-corrected chi connectivity index (χ1v) is 4.95. The molecule has 1 nitrogen and oxygen atoms in total. The molecule has 0 aromatic rings. The van der Waals surface area contributed by atoms with Gasteiger partial charge in [0.25, 0.3) is 0 Å². The first-order chi connectivity index (χ1) is 5.42. The van der Waals surface area contributed by atoms with Gasteiger partial charge in [0, 0.05) is 12.3 Å². The number of ketones is 1. The number of carbonyl (C=O) groups is 1. The summed E-state index contributed by atoms with van der Waals surface area (Å²) in [5.74, 6) is 1.37. The third kappa shape index (κ3) is 2.09. The van der Waals surface area contributed by atoms with Crippen molar-refractivity contribution in [1.29, 1.82) is 0 Å². The van der Waals surface area contributed by atoms with Crippen LogP contribution in [-0.2, 0) is 4.79 Å². The number of carbonyl (C=O) groups excluding carboxylic acids is 1. The Bertz CT molecular complexity index is 179. The maximum atomic E-state index is 11.7. The van der Waals surface area contributed by atoms with E-state index >= 15 is 0 Å². The monoisotopic (exact) mass is 168 g/mol. The van der Waals surface area contributed by atoms with Crippen LogP contribution < -0.4 is 0 Å². The molecule has 1 atom stereocenters. The highest BCUT2D eigenvalue weighted by atomic mass is 16.1. The van der Waals surface area contributed by atoms with Crippen molar-refractivity contribution in [2.45, 2.75) is 47.0 Å². The van der Waals surface area contributed by atoms with E-state index in [1.165, 1.54) is 6.42 Å². The molecule has 0 heterocycles. The molecule has 1 aliphatic rings. The molecule has 1 rings (SSSR count). The van der Waals surface area contributed by atoms with E-state index in [2.05, 4.69) is 27.7 Å². The van der Waals surface area contributed by atoms with E-state index in [4.69, 9.17) is 0 Å². The minimum Gasteiger partial charge on any atom is -0.299 e. The van der Waals surface area contributed by atoms with Crippen molar-refractivity contribution in [2.75, 3.05) is 0 Å². The summed E-state index contributed by atoms with van der Waals surface area (Å²) in [6.45, 7) is 8.70. The quantitative estimate of drug-likeness (QED) is 0.588. The Morgan fingerprint density at radius 1 is 1.42 bits per heavy atom. The zero-order chi connectivity index (χ0) is 9.35. The van der Waals surface area contributed by atoms with Gasteiger partial charge in [-0.1, -0.05) is 27.7 Å². The van der Waals surface area contributed by atoms with Gasteiger partial charge >= 0.3 is 0 Å². The first-order valence-electron chi connectivity index (χ1n) is 4.95. The van der Waals surface area contributed by atoms with Crippen LogP contribution >= 0.6 is 0 Å². The molecule has 1 aliphatic carbocycles. The van der Waals surface area contributed by atoms with Gasteiger partial charge < -0.3 is 0 Å². The Labute approximate surface area is 75.5 Å². The molecule has 0 aromatic heterocycles. The van der Waals surface area contributed by atoms with Gasteiger partial charge in [0.05, 0.1) is 0 Å². The molecule has 0 amide bonds. The van der Waals surface area contributed by atoms with E-state index in [9.17, 15) is 4.79 Å². The summed E-state index contributed by atoms with van der Waals surface area (Å²) < 4.78 is 0. The molecular weight excluding hydrogens is 148 g/mol. The summed E-state index contributed by atoms with van der Waals surface area (Å²) in [5, 5.41) is 0. The third-order valence-electron chi connectivity index (χ3n) is 3.00. The second-order valence-corrected chi connectivity index (χ2v) is 5.20. The number of hydrogen-bond donors (Lipinski definition) is 0. The van der Waals surface area contributed by atoms with Crippen LogP contribution in [0.2, 0.25) is 0 Å². The standard InChI is InChI=1S/C11H20O/c1-8(2)9-5-6-11(3,4)7-10(9)12/h8-9H,5-7H2,1-4H3/t9-/m1/s1. The van der Waals surface area contributed by atoms with Crippen LogP contribution in [0.5, 0.6) is 0 Å². The molecule has 1 heteroatoms. The molecule has 0 spiro atoms. The van der Waals surface area contributed by atoms with Crippen molar-refractivity contribution in [1.82, 2.24) is 0 Å². The average molecular weight is 168 g/mol. The van der Waals surface area contributed by atoms with E-state index in [0.29, 0.717) is 17.6 Å². The van der Waals surface area contributed by atoms with Gasteiger partial charge in [0.2, 0.25) is 0 Å². The van der Waals surface area contributed by atoms with E-state index in [0.717, 1.165) is 12.8 Å². The van der Waals surface area contributed by atoms with E-state index in [1.54, 1.807) is 0 Å². The SMILES string of the molecule is CC(C)[C@H]1CCC(C)(C)CC1=O. The second-order valence-electron chi connectivity index (χ2n) is 5.20. The molecule has 0 bridgehead atoms. The molecule has 0 aliphatic heterocycles. The molecular formula is C11H20O. The first kappa shape index (κ1) is 9.76. The molecule has 1 saturated carbocycles. The fraction of sp³-hybridized carbons (Fsp3) is 0.909. The Morgan fingerprint density at radius 3 is 2.42 bits per heavy atom. The maximum absolute atomic E-state index is 11.7. The molecule has 0 unspecified atom stereocenters. The summed E-state index contributed by atoms with van der Waals surface area (Å²) in [6.07, 6.45) is 3.10. The predicted octanol–water partition coefficient (Wildman–Crippen LogP) is 3.04. The van der Waals surface area contributed by atoms with Gasteiger partial charge in [-0.15, -0.1) is 0 Å². The van der Waals surface area contributed by atoms with Gasteiger partial charge in [-0.05, 0) is 24.2 Å². The van der Waals surface area contributed by atoms with Crippen molar-refractivity contribution >= 4 is 5.78 Å². The van der Waals surface area contributed by atoms with Crippen LogP contribution in [0.1, 0.15) is 47.0 Å². The van der Waals surface area contributed by atoms with E-state index in [1.807, 2.05) is 0 Å². The lowest BCUT2D eigenvalue weighted by atomic mass is 9.69. The predicted molar refractivity (Wildman–Crippen MR) is 51.0 cm³/mol. The van der Waals surface area contributed by atoms with Gasteiger partial charge in [0.1, 0.15) is 5.78 Å². The fourth-order valence-corrected chi connectivity index (χ4v) is 2.10. The van der Waals surface area contributed by atoms with E-state index < -0.39 is 0 Å². The lowest BCUT2D eigenvalue weighted by molar-refractivity contribution is -0.129.